The zero-order valence-corrected chi connectivity index (χ0v) is 17.3. The maximum absolute atomic E-state index is 13.8. The van der Waals surface area contributed by atoms with Crippen LogP contribution in [0.3, 0.4) is 0 Å². The number of pyridine rings is 1. The van der Waals surface area contributed by atoms with Crippen molar-refractivity contribution in [2.24, 2.45) is 5.92 Å². The molecular formula is C23H27FN2O3. The van der Waals surface area contributed by atoms with E-state index in [0.717, 1.165) is 10.9 Å². The third-order valence-electron chi connectivity index (χ3n) is 4.74. The summed E-state index contributed by atoms with van der Waals surface area (Å²) in [6, 6.07) is 12.1. The Labute approximate surface area is 170 Å². The minimum Gasteiger partial charge on any atom is -0.497 e. The van der Waals surface area contributed by atoms with Gasteiger partial charge in [-0.25, -0.2) is 4.39 Å². The van der Waals surface area contributed by atoms with Gasteiger partial charge in [-0.1, -0.05) is 13.8 Å². The van der Waals surface area contributed by atoms with Crippen LogP contribution in [0.15, 0.2) is 47.3 Å². The quantitative estimate of drug-likeness (QED) is 0.621. The highest BCUT2D eigenvalue weighted by molar-refractivity contribution is 5.79. The smallest absolute Gasteiger partial charge is 0.255 e. The molecule has 1 aromatic heterocycles. The van der Waals surface area contributed by atoms with Gasteiger partial charge in [0.1, 0.15) is 17.3 Å². The largest absolute Gasteiger partial charge is 0.497 e. The van der Waals surface area contributed by atoms with Gasteiger partial charge in [-0.3, -0.25) is 4.79 Å². The molecular weight excluding hydrogens is 371 g/mol. The van der Waals surface area contributed by atoms with Gasteiger partial charge < -0.3 is 19.4 Å². The summed E-state index contributed by atoms with van der Waals surface area (Å²) < 4.78 is 26.0. The Morgan fingerprint density at radius 3 is 2.31 bits per heavy atom. The first-order valence-corrected chi connectivity index (χ1v) is 9.66. The predicted molar refractivity (Wildman–Crippen MR) is 113 cm³/mol. The molecule has 2 aromatic carbocycles. The number of ether oxygens (including phenoxy) is 2. The summed E-state index contributed by atoms with van der Waals surface area (Å²) in [6.45, 7) is 5.58. The molecule has 0 aliphatic rings. The van der Waals surface area contributed by atoms with Gasteiger partial charge >= 0.3 is 0 Å². The highest BCUT2D eigenvalue weighted by atomic mass is 19.1. The number of halogens is 1. The van der Waals surface area contributed by atoms with Crippen LogP contribution in [0.4, 0.5) is 4.39 Å². The molecule has 0 unspecified atom stereocenters. The summed E-state index contributed by atoms with van der Waals surface area (Å²) in [4.78, 5) is 13.0. The van der Waals surface area contributed by atoms with E-state index in [1.807, 2.05) is 38.1 Å². The van der Waals surface area contributed by atoms with Crippen LogP contribution >= 0.6 is 0 Å². The fourth-order valence-electron chi connectivity index (χ4n) is 3.39. The average Bonchev–Trinajstić information content (AvgIpc) is 2.70. The summed E-state index contributed by atoms with van der Waals surface area (Å²) in [5.74, 6) is 1.36. The Balaban J connectivity index is 1.86. The third-order valence-corrected chi connectivity index (χ3v) is 4.74. The molecule has 29 heavy (non-hydrogen) atoms. The third kappa shape index (κ3) is 4.95. The Morgan fingerprint density at radius 1 is 1.00 bits per heavy atom. The lowest BCUT2D eigenvalue weighted by molar-refractivity contribution is 0.393. The van der Waals surface area contributed by atoms with Crippen LogP contribution < -0.4 is 20.3 Å². The maximum Gasteiger partial charge on any atom is 0.255 e. The van der Waals surface area contributed by atoms with E-state index in [1.54, 1.807) is 24.9 Å². The summed E-state index contributed by atoms with van der Waals surface area (Å²) in [5, 5.41) is 4.17. The number of nitrogens with one attached hydrogen (secondary N) is 1. The number of rotatable bonds is 8. The van der Waals surface area contributed by atoms with E-state index in [-0.39, 0.29) is 17.3 Å². The van der Waals surface area contributed by atoms with Gasteiger partial charge in [0.2, 0.25) is 0 Å². The Morgan fingerprint density at radius 2 is 1.69 bits per heavy atom. The molecule has 0 fully saturated rings. The van der Waals surface area contributed by atoms with Gasteiger partial charge in [0.25, 0.3) is 5.56 Å². The van der Waals surface area contributed by atoms with Crippen LogP contribution in [-0.4, -0.2) is 18.8 Å². The van der Waals surface area contributed by atoms with Gasteiger partial charge in [-0.2, -0.15) is 0 Å². The molecule has 1 heterocycles. The molecule has 0 aliphatic heterocycles. The first-order chi connectivity index (χ1) is 13.9. The SMILES string of the molecule is COc1cc(CNCc2cc3ccc(F)cc3n(CC(C)C)c2=O)cc(OC)c1. The van der Waals surface area contributed by atoms with E-state index in [9.17, 15) is 9.18 Å². The van der Waals surface area contributed by atoms with Crippen molar-refractivity contribution in [3.63, 3.8) is 0 Å². The number of methoxy groups -OCH3 is 2. The van der Waals surface area contributed by atoms with E-state index < -0.39 is 0 Å². The van der Waals surface area contributed by atoms with Crippen molar-refractivity contribution in [1.29, 1.82) is 0 Å². The standard InChI is InChI=1S/C23H27FN2O3/c1-15(2)14-26-22-10-19(24)6-5-17(22)9-18(23(26)27)13-25-12-16-7-20(28-3)11-21(8-16)29-4/h5-11,15,25H,12-14H2,1-4H3. The average molecular weight is 398 g/mol. The molecule has 0 aliphatic carbocycles. The molecule has 0 saturated heterocycles. The highest BCUT2D eigenvalue weighted by Crippen LogP contribution is 2.22. The van der Waals surface area contributed by atoms with Crippen molar-refractivity contribution in [3.8, 4) is 11.5 Å². The van der Waals surface area contributed by atoms with Crippen LogP contribution in [0, 0.1) is 11.7 Å². The Hall–Kier alpha value is -2.86. The summed E-state index contributed by atoms with van der Waals surface area (Å²) >= 11 is 0. The van der Waals surface area contributed by atoms with E-state index in [4.69, 9.17) is 9.47 Å². The molecule has 0 amide bonds. The number of hydrogen-bond acceptors (Lipinski definition) is 4. The second kappa shape index (κ2) is 9.09. The number of benzene rings is 2. The molecule has 0 radical (unpaired) electrons. The van der Waals surface area contributed by atoms with Crippen LogP contribution in [0.1, 0.15) is 25.0 Å². The fraction of sp³-hybridized carbons (Fsp3) is 0.348. The lowest BCUT2D eigenvalue weighted by Gasteiger charge is -2.15. The monoisotopic (exact) mass is 398 g/mol. The van der Waals surface area contributed by atoms with Crippen LogP contribution in [0.25, 0.3) is 10.9 Å². The first kappa shape index (κ1) is 20.9. The van der Waals surface area contributed by atoms with Crippen LogP contribution in [-0.2, 0) is 19.6 Å². The van der Waals surface area contributed by atoms with Crippen molar-refractivity contribution >= 4 is 10.9 Å². The minimum absolute atomic E-state index is 0.0903. The van der Waals surface area contributed by atoms with Crippen molar-refractivity contribution in [2.75, 3.05) is 14.2 Å². The van der Waals surface area contributed by atoms with Gasteiger partial charge in [0, 0.05) is 31.3 Å². The van der Waals surface area contributed by atoms with Gasteiger partial charge in [-0.15, -0.1) is 0 Å². The summed E-state index contributed by atoms with van der Waals surface area (Å²) in [6.07, 6.45) is 0. The van der Waals surface area contributed by atoms with E-state index in [1.165, 1.54) is 12.1 Å². The normalized spacial score (nSPS) is 11.2. The van der Waals surface area contributed by atoms with Crippen molar-refractivity contribution in [3.05, 3.63) is 69.8 Å². The zero-order chi connectivity index (χ0) is 21.0. The zero-order valence-electron chi connectivity index (χ0n) is 17.3. The molecule has 0 saturated carbocycles. The van der Waals surface area contributed by atoms with Gasteiger partial charge in [0.05, 0.1) is 19.7 Å². The molecule has 3 aromatic rings. The molecule has 0 bridgehead atoms. The second-order valence-corrected chi connectivity index (χ2v) is 7.51. The number of aromatic nitrogens is 1. The summed E-state index contributed by atoms with van der Waals surface area (Å²) in [7, 11) is 3.22. The highest BCUT2D eigenvalue weighted by Gasteiger charge is 2.12. The molecule has 6 heteroatoms. The van der Waals surface area contributed by atoms with Gasteiger partial charge in [0.15, 0.2) is 0 Å². The van der Waals surface area contributed by atoms with E-state index in [2.05, 4.69) is 5.32 Å². The maximum atomic E-state index is 13.8. The number of nitrogens with zero attached hydrogens (tertiary/aromatic N) is 1. The van der Waals surface area contributed by atoms with Crippen LogP contribution in [0.5, 0.6) is 11.5 Å². The lowest BCUT2D eigenvalue weighted by atomic mass is 10.1. The summed E-state index contributed by atoms with van der Waals surface area (Å²) in [5.41, 5.74) is 2.18. The van der Waals surface area contributed by atoms with Crippen LogP contribution in [0.2, 0.25) is 0 Å². The predicted octanol–water partition coefficient (Wildman–Crippen LogP) is 4.10. The molecule has 0 atom stereocenters. The van der Waals surface area contributed by atoms with E-state index >= 15 is 0 Å². The second-order valence-electron chi connectivity index (χ2n) is 7.51. The fourth-order valence-corrected chi connectivity index (χ4v) is 3.39. The molecule has 0 spiro atoms. The van der Waals surface area contributed by atoms with E-state index in [0.29, 0.717) is 42.2 Å². The lowest BCUT2D eigenvalue weighted by Crippen LogP contribution is -2.29. The Bertz CT molecular complexity index is 1040. The Kier molecular flexibility index (Phi) is 6.54. The topological polar surface area (TPSA) is 52.5 Å². The first-order valence-electron chi connectivity index (χ1n) is 9.66. The molecule has 3 rings (SSSR count). The number of hydrogen-bond donors (Lipinski definition) is 1. The molecule has 5 nitrogen and oxygen atoms in total. The molecule has 154 valence electrons. The van der Waals surface area contributed by atoms with Crippen molar-refractivity contribution in [2.45, 2.75) is 33.5 Å². The number of fused-ring (bicyclic) bond motifs is 1. The molecule has 1 N–H and O–H groups in total. The van der Waals surface area contributed by atoms with Crippen molar-refractivity contribution in [1.82, 2.24) is 9.88 Å². The minimum atomic E-state index is -0.341. The van der Waals surface area contributed by atoms with Gasteiger partial charge in [-0.05, 0) is 53.3 Å². The van der Waals surface area contributed by atoms with Crippen molar-refractivity contribution < 1.29 is 13.9 Å².